The largest absolute Gasteiger partial charge is 0.383 e. The number of hydrogen-bond donors (Lipinski definition) is 1. The topological polar surface area (TPSA) is 75.7 Å². The van der Waals surface area contributed by atoms with Crippen molar-refractivity contribution in [1.82, 2.24) is 9.62 Å². The van der Waals surface area contributed by atoms with Gasteiger partial charge in [-0.1, -0.05) is 53.5 Å². The van der Waals surface area contributed by atoms with E-state index < -0.39 is 10.0 Å². The van der Waals surface area contributed by atoms with Crippen LogP contribution >= 0.6 is 39.1 Å². The van der Waals surface area contributed by atoms with Gasteiger partial charge in [-0.2, -0.15) is 0 Å². The highest BCUT2D eigenvalue weighted by Gasteiger charge is 2.33. The molecule has 0 fully saturated rings. The van der Waals surface area contributed by atoms with Crippen LogP contribution in [0.5, 0.6) is 0 Å². The van der Waals surface area contributed by atoms with Gasteiger partial charge in [-0.3, -0.25) is 4.79 Å². The molecule has 10 heteroatoms. The second-order valence-corrected chi connectivity index (χ2v) is 12.3. The second-order valence-electron chi connectivity index (χ2n) is 8.90. The van der Waals surface area contributed by atoms with Gasteiger partial charge >= 0.3 is 0 Å². The average molecular weight is 626 g/mol. The lowest BCUT2D eigenvalue weighted by atomic mass is 9.76. The fourth-order valence-corrected chi connectivity index (χ4v) is 6.53. The van der Waals surface area contributed by atoms with Crippen LogP contribution < -0.4 is 4.72 Å². The average Bonchev–Trinajstić information content (AvgIpc) is 2.89. The lowest BCUT2D eigenvalue weighted by molar-refractivity contribution is 0.0711. The number of sulfonamides is 1. The molecule has 1 aliphatic carbocycles. The van der Waals surface area contributed by atoms with Gasteiger partial charge in [0.15, 0.2) is 0 Å². The molecule has 1 amide bonds. The Hall–Kier alpha value is -1.94. The molecular formula is C27H27BrCl2N2O4S. The predicted molar refractivity (Wildman–Crippen MR) is 150 cm³/mol. The first-order valence-electron chi connectivity index (χ1n) is 11.7. The minimum Gasteiger partial charge on any atom is -0.383 e. The van der Waals surface area contributed by atoms with Crippen LogP contribution in [0.1, 0.15) is 51.8 Å². The highest BCUT2D eigenvalue weighted by Crippen LogP contribution is 2.44. The molecule has 6 nitrogen and oxygen atoms in total. The fraction of sp³-hybridized carbons (Fsp3) is 0.296. The zero-order valence-corrected chi connectivity index (χ0v) is 24.3. The summed E-state index contributed by atoms with van der Waals surface area (Å²) in [6.45, 7) is 0.380. The molecule has 0 radical (unpaired) electrons. The highest BCUT2D eigenvalue weighted by molar-refractivity contribution is 9.10. The highest BCUT2D eigenvalue weighted by atomic mass is 79.9. The van der Waals surface area contributed by atoms with Crippen molar-refractivity contribution in [2.75, 3.05) is 27.3 Å². The van der Waals surface area contributed by atoms with Gasteiger partial charge < -0.3 is 9.64 Å². The number of carbonyl (C=O) groups is 1. The first-order valence-corrected chi connectivity index (χ1v) is 14.8. The summed E-state index contributed by atoms with van der Waals surface area (Å²) >= 11 is 15.9. The molecule has 3 aromatic rings. The van der Waals surface area contributed by atoms with E-state index in [1.165, 1.54) is 19.2 Å². The third-order valence-electron chi connectivity index (χ3n) is 6.67. The summed E-state index contributed by atoms with van der Waals surface area (Å²) in [4.78, 5) is 15.4. The van der Waals surface area contributed by atoms with E-state index in [1.54, 1.807) is 18.0 Å². The van der Waals surface area contributed by atoms with E-state index in [2.05, 4.69) is 26.7 Å². The molecule has 0 heterocycles. The molecule has 0 spiro atoms. The molecule has 1 aliphatic rings. The third-order valence-corrected chi connectivity index (χ3v) is 9.56. The van der Waals surface area contributed by atoms with Gasteiger partial charge in [0.25, 0.3) is 5.91 Å². The van der Waals surface area contributed by atoms with Crippen molar-refractivity contribution in [1.29, 1.82) is 0 Å². The molecule has 37 heavy (non-hydrogen) atoms. The van der Waals surface area contributed by atoms with E-state index in [0.29, 0.717) is 14.5 Å². The molecule has 0 unspecified atom stereocenters. The number of nitrogens with one attached hydrogen (secondary N) is 1. The van der Waals surface area contributed by atoms with Crippen molar-refractivity contribution in [2.45, 2.75) is 29.7 Å². The maximum absolute atomic E-state index is 13.7. The van der Waals surface area contributed by atoms with Gasteiger partial charge in [0.2, 0.25) is 10.0 Å². The number of carbonyl (C=O) groups excluding carboxylic acids is 1. The monoisotopic (exact) mass is 624 g/mol. The van der Waals surface area contributed by atoms with Crippen molar-refractivity contribution in [3.63, 3.8) is 0 Å². The fourth-order valence-electron chi connectivity index (χ4n) is 4.77. The number of rotatable bonds is 8. The van der Waals surface area contributed by atoms with Gasteiger partial charge in [-0.15, -0.1) is 0 Å². The third kappa shape index (κ3) is 6.05. The van der Waals surface area contributed by atoms with Crippen molar-refractivity contribution in [3.05, 3.63) is 97.4 Å². The molecule has 1 N–H and O–H groups in total. The SMILES string of the molecule is COCCNS(=O)(=O)c1ccc(Br)c(C(=O)N(C)[C@H]2CC[C@@H](c3ccc(Cl)c(Cl)c3)c3ccccc32)c1. The molecule has 3 aromatic carbocycles. The smallest absolute Gasteiger partial charge is 0.255 e. The Morgan fingerprint density at radius 3 is 2.49 bits per heavy atom. The van der Waals surface area contributed by atoms with Crippen LogP contribution in [0.15, 0.2) is 70.0 Å². The van der Waals surface area contributed by atoms with E-state index in [-0.39, 0.29) is 41.5 Å². The Bertz CT molecular complexity index is 1420. The summed E-state index contributed by atoms with van der Waals surface area (Å²) in [6.07, 6.45) is 1.55. The summed E-state index contributed by atoms with van der Waals surface area (Å²) in [7, 11) is -0.536. The number of ether oxygens (including phenoxy) is 1. The Labute approximate surface area is 236 Å². The Morgan fingerprint density at radius 1 is 1.05 bits per heavy atom. The van der Waals surface area contributed by atoms with E-state index in [0.717, 1.165) is 29.5 Å². The number of nitrogens with zero attached hydrogens (tertiary/aromatic N) is 1. The normalized spacial score (nSPS) is 17.3. The number of fused-ring (bicyclic) bond motifs is 1. The van der Waals surface area contributed by atoms with Gasteiger partial charge in [0, 0.05) is 31.1 Å². The van der Waals surface area contributed by atoms with Gasteiger partial charge in [-0.25, -0.2) is 13.1 Å². The van der Waals surface area contributed by atoms with E-state index in [1.807, 2.05) is 36.4 Å². The van der Waals surface area contributed by atoms with E-state index >= 15 is 0 Å². The van der Waals surface area contributed by atoms with Crippen LogP contribution in [-0.4, -0.2) is 46.5 Å². The number of hydrogen-bond acceptors (Lipinski definition) is 4. The quantitative estimate of drug-likeness (QED) is 0.293. The van der Waals surface area contributed by atoms with E-state index in [4.69, 9.17) is 27.9 Å². The first-order chi connectivity index (χ1) is 17.6. The Morgan fingerprint density at radius 2 is 1.78 bits per heavy atom. The van der Waals surface area contributed by atoms with Crippen molar-refractivity contribution in [2.24, 2.45) is 0 Å². The number of benzene rings is 3. The maximum Gasteiger partial charge on any atom is 0.255 e. The Kier molecular flexibility index (Phi) is 8.99. The van der Waals surface area contributed by atoms with Crippen LogP contribution in [0.2, 0.25) is 10.0 Å². The maximum atomic E-state index is 13.7. The second kappa shape index (κ2) is 11.8. The molecule has 196 valence electrons. The molecule has 0 saturated heterocycles. The summed E-state index contributed by atoms with van der Waals surface area (Å²) in [6, 6.07) is 18.1. The lowest BCUT2D eigenvalue weighted by Gasteiger charge is -2.37. The first kappa shape index (κ1) is 28.1. The van der Waals surface area contributed by atoms with Crippen LogP contribution in [0.25, 0.3) is 0 Å². The molecular weight excluding hydrogens is 599 g/mol. The minimum atomic E-state index is -3.79. The molecule has 2 atom stereocenters. The van der Waals surface area contributed by atoms with E-state index in [9.17, 15) is 13.2 Å². The number of amides is 1. The Balaban J connectivity index is 1.63. The minimum absolute atomic E-state index is 0.0206. The van der Waals surface area contributed by atoms with Crippen LogP contribution in [0, 0.1) is 0 Å². The van der Waals surface area contributed by atoms with Gasteiger partial charge in [-0.05, 0) is 75.8 Å². The summed E-state index contributed by atoms with van der Waals surface area (Å²) in [5.74, 6) is -0.141. The van der Waals surface area contributed by atoms with Gasteiger partial charge in [0.1, 0.15) is 0 Å². The summed E-state index contributed by atoms with van der Waals surface area (Å²) < 4.78 is 33.4. The molecule has 0 aromatic heterocycles. The molecule has 0 aliphatic heterocycles. The molecule has 0 saturated carbocycles. The van der Waals surface area contributed by atoms with Crippen molar-refractivity contribution >= 4 is 55.1 Å². The molecule has 4 rings (SSSR count). The van der Waals surface area contributed by atoms with Crippen molar-refractivity contribution in [3.8, 4) is 0 Å². The van der Waals surface area contributed by atoms with Crippen LogP contribution in [0.4, 0.5) is 0 Å². The lowest BCUT2D eigenvalue weighted by Crippen LogP contribution is -2.34. The van der Waals surface area contributed by atoms with Crippen molar-refractivity contribution < 1.29 is 17.9 Å². The van der Waals surface area contributed by atoms with Gasteiger partial charge in [0.05, 0.1) is 33.2 Å². The standard InChI is InChI=1S/C27H27BrCl2N2O4S/c1-32(27(33)22-16-18(8-10-23(22)28)37(34,35)31-13-14-36-2)26-12-9-19(20-5-3-4-6-21(20)26)17-7-11-24(29)25(30)15-17/h3-8,10-11,15-16,19,26,31H,9,12-14H2,1-2H3/t19-,26-/m0/s1. The molecule has 0 bridgehead atoms. The van der Waals surface area contributed by atoms with Crippen LogP contribution in [-0.2, 0) is 14.8 Å². The zero-order chi connectivity index (χ0) is 26.7. The predicted octanol–water partition coefficient (Wildman–Crippen LogP) is 6.42. The summed E-state index contributed by atoms with van der Waals surface area (Å²) in [5.41, 5.74) is 3.55. The van der Waals surface area contributed by atoms with Crippen LogP contribution in [0.3, 0.4) is 0 Å². The summed E-state index contributed by atoms with van der Waals surface area (Å²) in [5, 5.41) is 1.03. The number of methoxy groups -OCH3 is 1. The number of halogens is 3. The zero-order valence-electron chi connectivity index (χ0n) is 20.4.